The van der Waals surface area contributed by atoms with Crippen LogP contribution in [0, 0.1) is 11.8 Å². The molecule has 96 valence electrons. The van der Waals surface area contributed by atoms with Gasteiger partial charge in [-0.1, -0.05) is 11.1 Å². The molecule has 1 aliphatic heterocycles. The fraction of sp³-hybridized carbons (Fsp3) is 0.727. The van der Waals surface area contributed by atoms with Crippen molar-refractivity contribution in [3.8, 4) is 11.8 Å². The molecule has 0 unspecified atom stereocenters. The molecule has 0 bridgehead atoms. The molecule has 0 aromatic rings. The lowest BCUT2D eigenvalue weighted by atomic mass is 10.4. The highest BCUT2D eigenvalue weighted by atomic mass is 32.2. The van der Waals surface area contributed by atoms with Gasteiger partial charge in [0, 0.05) is 19.6 Å². The van der Waals surface area contributed by atoms with E-state index in [-0.39, 0.29) is 11.5 Å². The van der Waals surface area contributed by atoms with E-state index in [1.54, 1.807) is 13.8 Å². The summed E-state index contributed by atoms with van der Waals surface area (Å²) in [4.78, 5) is 7.16. The summed E-state index contributed by atoms with van der Waals surface area (Å²) in [7, 11) is -2.80. The second kappa shape index (κ2) is 6.62. The Morgan fingerprint density at radius 3 is 2.65 bits per heavy atom. The van der Waals surface area contributed by atoms with Crippen LogP contribution < -0.4 is 0 Å². The molecule has 0 atom stereocenters. The first kappa shape index (κ1) is 14.0. The van der Waals surface area contributed by atoms with E-state index < -0.39 is 9.84 Å². The molecular formula is C11H18N2O3S. The lowest BCUT2D eigenvalue weighted by Gasteiger charge is -2.25. The van der Waals surface area contributed by atoms with Crippen molar-refractivity contribution in [2.24, 2.45) is 5.16 Å². The largest absolute Gasteiger partial charge is 0.394 e. The van der Waals surface area contributed by atoms with Crippen LogP contribution in [0.4, 0.5) is 0 Å². The fourth-order valence-corrected chi connectivity index (χ4v) is 2.77. The van der Waals surface area contributed by atoms with Gasteiger partial charge >= 0.3 is 0 Å². The zero-order valence-corrected chi connectivity index (χ0v) is 11.1. The van der Waals surface area contributed by atoms with Crippen LogP contribution in [0.5, 0.6) is 0 Å². The lowest BCUT2D eigenvalue weighted by Crippen LogP contribution is -2.41. The molecule has 0 spiro atoms. The Hall–Kier alpha value is -1.06. The summed E-state index contributed by atoms with van der Waals surface area (Å²) in [6.45, 7) is 5.86. The third-order valence-corrected chi connectivity index (χ3v) is 4.05. The molecule has 1 aliphatic rings. The van der Waals surface area contributed by atoms with Gasteiger partial charge in [-0.05, 0) is 19.8 Å². The van der Waals surface area contributed by atoms with Gasteiger partial charge in [0.05, 0.1) is 11.5 Å². The highest BCUT2D eigenvalue weighted by molar-refractivity contribution is 7.91. The van der Waals surface area contributed by atoms with Crippen LogP contribution in [0.1, 0.15) is 13.8 Å². The van der Waals surface area contributed by atoms with E-state index in [0.717, 1.165) is 0 Å². The number of sulfone groups is 1. The number of hydrogen-bond donors (Lipinski definition) is 0. The topological polar surface area (TPSA) is 59.0 Å². The van der Waals surface area contributed by atoms with E-state index in [1.807, 2.05) is 0 Å². The predicted octanol–water partition coefficient (Wildman–Crippen LogP) is 0.133. The van der Waals surface area contributed by atoms with Crippen LogP contribution in [-0.4, -0.2) is 56.8 Å². The molecule has 0 N–H and O–H groups in total. The van der Waals surface area contributed by atoms with Gasteiger partial charge in [0.15, 0.2) is 9.84 Å². The van der Waals surface area contributed by atoms with Crippen molar-refractivity contribution in [2.75, 3.05) is 37.7 Å². The molecule has 1 heterocycles. The van der Waals surface area contributed by atoms with Gasteiger partial charge in [0.2, 0.25) is 0 Å². The molecule has 0 aromatic carbocycles. The molecule has 0 saturated carbocycles. The maximum Gasteiger partial charge on any atom is 0.152 e. The summed E-state index contributed by atoms with van der Waals surface area (Å²) in [5.41, 5.74) is 0.647. The van der Waals surface area contributed by atoms with Gasteiger partial charge in [-0.15, -0.1) is 0 Å². The minimum atomic E-state index is -2.80. The molecule has 1 rings (SSSR count). The van der Waals surface area contributed by atoms with Crippen LogP contribution in [0.15, 0.2) is 5.16 Å². The van der Waals surface area contributed by atoms with Crippen molar-refractivity contribution in [1.82, 2.24) is 4.90 Å². The minimum Gasteiger partial charge on any atom is -0.394 e. The maximum absolute atomic E-state index is 11.2. The highest BCUT2D eigenvalue weighted by Crippen LogP contribution is 2.02. The normalized spacial score (nSPS) is 20.5. The summed E-state index contributed by atoms with van der Waals surface area (Å²) < 4.78 is 22.4. The molecule has 0 aliphatic carbocycles. The first-order valence-electron chi connectivity index (χ1n) is 5.55. The molecule has 1 fully saturated rings. The Balaban J connectivity index is 2.20. The number of rotatable bonds is 4. The van der Waals surface area contributed by atoms with Crippen molar-refractivity contribution in [3.05, 3.63) is 0 Å². The summed E-state index contributed by atoms with van der Waals surface area (Å²) in [5.74, 6) is 6.00. The zero-order chi connectivity index (χ0) is 12.7. The van der Waals surface area contributed by atoms with Crippen LogP contribution in [0.2, 0.25) is 0 Å². The molecule has 0 radical (unpaired) electrons. The van der Waals surface area contributed by atoms with Gasteiger partial charge in [-0.25, -0.2) is 8.42 Å². The number of oxime groups is 1. The van der Waals surface area contributed by atoms with Crippen LogP contribution in [0.3, 0.4) is 0 Å². The number of nitrogens with zero attached hydrogens (tertiary/aromatic N) is 2. The first-order chi connectivity index (χ1) is 8.03. The standard InChI is InChI=1S/C11H18N2O3S/c1-3-4-11(2)12-16-8-5-13-6-9-17(14,15)10-7-13/h5-10H2,1-2H3/b12-11-. The van der Waals surface area contributed by atoms with E-state index in [1.165, 1.54) is 0 Å². The van der Waals surface area contributed by atoms with Crippen molar-refractivity contribution < 1.29 is 13.3 Å². The van der Waals surface area contributed by atoms with Crippen molar-refractivity contribution in [2.45, 2.75) is 13.8 Å². The van der Waals surface area contributed by atoms with E-state index >= 15 is 0 Å². The fourth-order valence-electron chi connectivity index (χ4n) is 1.49. The molecule has 6 heteroatoms. The van der Waals surface area contributed by atoms with Gasteiger partial charge in [0.1, 0.15) is 12.3 Å². The maximum atomic E-state index is 11.2. The van der Waals surface area contributed by atoms with Crippen LogP contribution in [0.25, 0.3) is 0 Å². The van der Waals surface area contributed by atoms with Crippen LogP contribution >= 0.6 is 0 Å². The summed E-state index contributed by atoms with van der Waals surface area (Å²) in [6.07, 6.45) is 0. The molecule has 1 saturated heterocycles. The Morgan fingerprint density at radius 1 is 1.41 bits per heavy atom. The second-order valence-corrected chi connectivity index (χ2v) is 6.18. The molecule has 5 nitrogen and oxygen atoms in total. The Morgan fingerprint density at radius 2 is 2.06 bits per heavy atom. The Bertz CT molecular complexity index is 417. The average molecular weight is 258 g/mol. The first-order valence-corrected chi connectivity index (χ1v) is 7.38. The lowest BCUT2D eigenvalue weighted by molar-refractivity contribution is 0.114. The molecular weight excluding hydrogens is 240 g/mol. The quantitative estimate of drug-likeness (QED) is 0.311. The van der Waals surface area contributed by atoms with E-state index in [4.69, 9.17) is 4.84 Å². The molecule has 0 aromatic heterocycles. The smallest absolute Gasteiger partial charge is 0.152 e. The third kappa shape index (κ3) is 5.71. The van der Waals surface area contributed by atoms with Gasteiger partial charge in [-0.2, -0.15) is 0 Å². The summed E-state index contributed by atoms with van der Waals surface area (Å²) in [5, 5.41) is 3.83. The molecule has 17 heavy (non-hydrogen) atoms. The van der Waals surface area contributed by atoms with E-state index in [2.05, 4.69) is 21.9 Å². The van der Waals surface area contributed by atoms with Gasteiger partial charge in [-0.3, -0.25) is 4.90 Å². The minimum absolute atomic E-state index is 0.247. The van der Waals surface area contributed by atoms with Crippen molar-refractivity contribution in [3.63, 3.8) is 0 Å². The number of hydrogen-bond acceptors (Lipinski definition) is 5. The Kier molecular flexibility index (Phi) is 5.45. The zero-order valence-electron chi connectivity index (χ0n) is 10.3. The SMILES string of the molecule is CC#C/C(C)=N\OCCN1CCS(=O)(=O)CC1. The van der Waals surface area contributed by atoms with Crippen molar-refractivity contribution >= 4 is 15.5 Å². The average Bonchev–Trinajstić information content (AvgIpc) is 2.27. The van der Waals surface area contributed by atoms with Gasteiger partial charge in [0.25, 0.3) is 0 Å². The second-order valence-electron chi connectivity index (χ2n) is 3.88. The predicted molar refractivity (Wildman–Crippen MR) is 67.6 cm³/mol. The third-order valence-electron chi connectivity index (χ3n) is 2.44. The monoisotopic (exact) mass is 258 g/mol. The van der Waals surface area contributed by atoms with E-state index in [0.29, 0.717) is 32.0 Å². The van der Waals surface area contributed by atoms with E-state index in [9.17, 15) is 8.42 Å². The van der Waals surface area contributed by atoms with Crippen molar-refractivity contribution in [1.29, 1.82) is 0 Å². The summed E-state index contributed by atoms with van der Waals surface area (Å²) >= 11 is 0. The molecule has 0 amide bonds. The van der Waals surface area contributed by atoms with Crippen LogP contribution in [-0.2, 0) is 14.7 Å². The van der Waals surface area contributed by atoms with Gasteiger partial charge < -0.3 is 4.84 Å². The highest BCUT2D eigenvalue weighted by Gasteiger charge is 2.20. The summed E-state index contributed by atoms with van der Waals surface area (Å²) in [6, 6.07) is 0. The Labute approximate surface area is 103 Å².